The predicted molar refractivity (Wildman–Crippen MR) is 62.6 cm³/mol. The maximum absolute atomic E-state index is 11.2. The molecular formula is C12H15O4S. The monoisotopic (exact) mass is 255 g/mol. The first-order valence-electron chi connectivity index (χ1n) is 5.41. The first kappa shape index (κ1) is 12.4. The summed E-state index contributed by atoms with van der Waals surface area (Å²) in [4.78, 5) is 0.230. The zero-order valence-electron chi connectivity index (χ0n) is 9.64. The normalized spacial score (nSPS) is 17.8. The lowest BCUT2D eigenvalue weighted by Gasteiger charge is -2.13. The molecule has 0 heterocycles. The Morgan fingerprint density at radius 3 is 2.59 bits per heavy atom. The predicted octanol–water partition coefficient (Wildman–Crippen LogP) is 1.04. The molecule has 2 rings (SSSR count). The molecule has 0 unspecified atom stereocenters. The van der Waals surface area contributed by atoms with E-state index in [4.69, 9.17) is 9.84 Å². The molecule has 1 aromatic rings. The Bertz CT molecular complexity index is 486. The highest BCUT2D eigenvalue weighted by Crippen LogP contribution is 2.45. The van der Waals surface area contributed by atoms with Crippen LogP contribution in [0.25, 0.3) is 0 Å². The lowest BCUT2D eigenvalue weighted by molar-refractivity contribution is 0.146. The van der Waals surface area contributed by atoms with Gasteiger partial charge in [0.05, 0.1) is 18.1 Å². The molecular weight excluding hydrogens is 240 g/mol. The van der Waals surface area contributed by atoms with Gasteiger partial charge in [0.25, 0.3) is 0 Å². The maximum atomic E-state index is 11.2. The Morgan fingerprint density at radius 1 is 1.47 bits per heavy atom. The van der Waals surface area contributed by atoms with Gasteiger partial charge in [0.1, 0.15) is 5.75 Å². The molecule has 0 spiro atoms. The van der Waals surface area contributed by atoms with Crippen molar-refractivity contribution < 1.29 is 18.3 Å². The van der Waals surface area contributed by atoms with Crippen LogP contribution in [0.3, 0.4) is 0 Å². The molecule has 0 saturated heterocycles. The van der Waals surface area contributed by atoms with Gasteiger partial charge in [0.2, 0.25) is 0 Å². The number of ether oxygens (including phenoxy) is 1. The van der Waals surface area contributed by atoms with Crippen LogP contribution in [0.5, 0.6) is 5.75 Å². The second kappa shape index (κ2) is 4.31. The van der Waals surface area contributed by atoms with Crippen LogP contribution < -0.4 is 4.74 Å². The largest absolute Gasteiger partial charge is 0.492 e. The molecule has 1 aromatic carbocycles. The van der Waals surface area contributed by atoms with Crippen molar-refractivity contribution in [2.75, 3.05) is 19.5 Å². The molecule has 0 atom stereocenters. The first-order valence-corrected chi connectivity index (χ1v) is 7.30. The van der Waals surface area contributed by atoms with E-state index < -0.39 is 9.84 Å². The van der Waals surface area contributed by atoms with E-state index in [0.29, 0.717) is 12.4 Å². The summed E-state index contributed by atoms with van der Waals surface area (Å²) in [6, 6.07) is 7.28. The van der Waals surface area contributed by atoms with E-state index in [0.717, 1.165) is 19.1 Å². The number of rotatable bonds is 5. The van der Waals surface area contributed by atoms with Gasteiger partial charge >= 0.3 is 0 Å². The summed E-state index contributed by atoms with van der Waals surface area (Å²) in [5.74, 6) is 0.511. The van der Waals surface area contributed by atoms with Gasteiger partial charge < -0.3 is 9.84 Å². The molecule has 4 nitrogen and oxygen atoms in total. The highest BCUT2D eigenvalue weighted by molar-refractivity contribution is 7.90. The van der Waals surface area contributed by atoms with Crippen molar-refractivity contribution in [3.63, 3.8) is 0 Å². The van der Waals surface area contributed by atoms with E-state index in [9.17, 15) is 8.42 Å². The lowest BCUT2D eigenvalue weighted by Crippen LogP contribution is -2.17. The molecule has 1 fully saturated rings. The second-order valence-corrected chi connectivity index (χ2v) is 6.62. The van der Waals surface area contributed by atoms with E-state index in [1.165, 1.54) is 12.1 Å². The average Bonchev–Trinajstić information content (AvgIpc) is 3.06. The summed E-state index contributed by atoms with van der Waals surface area (Å²) in [7, 11) is -3.18. The maximum Gasteiger partial charge on any atom is 0.175 e. The molecule has 0 aromatic heterocycles. The molecule has 0 amide bonds. The Labute approximate surface area is 101 Å². The number of aliphatic hydroxyl groups excluding tert-OH is 1. The lowest BCUT2D eigenvalue weighted by atomic mass is 10.1. The number of aliphatic hydroxyl groups is 1. The Morgan fingerprint density at radius 2 is 2.18 bits per heavy atom. The van der Waals surface area contributed by atoms with Crippen molar-refractivity contribution in [3.05, 3.63) is 24.3 Å². The third-order valence-corrected chi connectivity index (χ3v) is 4.12. The molecule has 1 aliphatic carbocycles. The molecule has 5 heteroatoms. The smallest absolute Gasteiger partial charge is 0.175 e. The van der Waals surface area contributed by atoms with E-state index in [1.807, 2.05) is 0 Å². The fourth-order valence-electron chi connectivity index (χ4n) is 1.47. The van der Waals surface area contributed by atoms with Crippen LogP contribution in [0.4, 0.5) is 0 Å². The van der Waals surface area contributed by atoms with Crippen molar-refractivity contribution in [3.8, 4) is 5.75 Å². The second-order valence-electron chi connectivity index (χ2n) is 4.61. The minimum atomic E-state index is -3.18. The van der Waals surface area contributed by atoms with E-state index in [-0.39, 0.29) is 16.9 Å². The summed E-state index contributed by atoms with van der Waals surface area (Å²) in [6.45, 7) is 0.590. The van der Waals surface area contributed by atoms with Crippen LogP contribution in [0, 0.1) is 11.5 Å². The summed E-state index contributed by atoms with van der Waals surface area (Å²) < 4.78 is 27.9. The fraction of sp³-hybridized carbons (Fsp3) is 0.500. The minimum Gasteiger partial charge on any atom is -0.492 e. The van der Waals surface area contributed by atoms with E-state index in [2.05, 4.69) is 6.07 Å². The third kappa shape index (κ3) is 2.98. The number of sulfone groups is 1. The van der Waals surface area contributed by atoms with Gasteiger partial charge in [-0.15, -0.1) is 0 Å². The van der Waals surface area contributed by atoms with Gasteiger partial charge in [0, 0.05) is 17.7 Å². The molecule has 1 aliphatic rings. The highest BCUT2D eigenvalue weighted by atomic mass is 32.2. The summed E-state index contributed by atoms with van der Waals surface area (Å²) >= 11 is 0. The average molecular weight is 255 g/mol. The van der Waals surface area contributed by atoms with Crippen LogP contribution in [0.1, 0.15) is 12.8 Å². The molecule has 17 heavy (non-hydrogen) atoms. The van der Waals surface area contributed by atoms with Gasteiger partial charge in [-0.25, -0.2) is 8.42 Å². The summed E-state index contributed by atoms with van der Waals surface area (Å²) in [5, 5.41) is 9.12. The van der Waals surface area contributed by atoms with Crippen molar-refractivity contribution in [2.24, 2.45) is 5.41 Å². The zero-order chi connectivity index (χ0) is 12.5. The molecule has 1 N–H and O–H groups in total. The molecule has 1 saturated carbocycles. The first-order chi connectivity index (χ1) is 7.95. The molecule has 0 bridgehead atoms. The zero-order valence-corrected chi connectivity index (χ0v) is 10.5. The van der Waals surface area contributed by atoms with E-state index >= 15 is 0 Å². The van der Waals surface area contributed by atoms with Gasteiger partial charge in [-0.1, -0.05) is 0 Å². The Kier molecular flexibility index (Phi) is 3.14. The van der Waals surface area contributed by atoms with E-state index in [1.54, 1.807) is 6.07 Å². The SMILES string of the molecule is CS(=O)(=O)c1c[c]c(OCC2(CO)CC2)cc1. The number of hydrogen-bond donors (Lipinski definition) is 1. The minimum absolute atomic E-state index is 0.0800. The number of benzene rings is 1. The van der Waals surface area contributed by atoms with Crippen molar-refractivity contribution in [1.82, 2.24) is 0 Å². The molecule has 1 radical (unpaired) electrons. The Hall–Kier alpha value is -1.07. The topological polar surface area (TPSA) is 63.6 Å². The number of hydrogen-bond acceptors (Lipinski definition) is 4. The van der Waals surface area contributed by atoms with Crippen LogP contribution in [-0.4, -0.2) is 33.0 Å². The van der Waals surface area contributed by atoms with Crippen LogP contribution in [0.15, 0.2) is 23.1 Å². The van der Waals surface area contributed by atoms with Crippen molar-refractivity contribution in [2.45, 2.75) is 17.7 Å². The summed E-state index contributed by atoms with van der Waals surface area (Å²) in [6.07, 6.45) is 3.11. The molecule has 0 aliphatic heterocycles. The van der Waals surface area contributed by atoms with Crippen LogP contribution in [0.2, 0.25) is 0 Å². The third-order valence-electron chi connectivity index (χ3n) is 3.01. The van der Waals surface area contributed by atoms with Crippen molar-refractivity contribution in [1.29, 1.82) is 0 Å². The standard InChI is InChI=1S/C12H15O4S/c1-17(14,15)11-4-2-10(3-5-11)16-9-12(8-13)6-7-12/h2,4-5,13H,6-9H2,1H3. The van der Waals surface area contributed by atoms with Gasteiger partial charge in [-0.2, -0.15) is 0 Å². The quantitative estimate of drug-likeness (QED) is 0.854. The molecule has 93 valence electrons. The van der Waals surface area contributed by atoms with Crippen molar-refractivity contribution >= 4 is 9.84 Å². The van der Waals surface area contributed by atoms with Crippen LogP contribution in [-0.2, 0) is 9.84 Å². The highest BCUT2D eigenvalue weighted by Gasteiger charge is 2.42. The van der Waals surface area contributed by atoms with Gasteiger partial charge in [-0.05, 0) is 31.0 Å². The summed E-state index contributed by atoms with van der Waals surface area (Å²) in [5.41, 5.74) is -0.0800. The Balaban J connectivity index is 1.99. The van der Waals surface area contributed by atoms with Gasteiger partial charge in [-0.3, -0.25) is 0 Å². The van der Waals surface area contributed by atoms with Gasteiger partial charge in [0.15, 0.2) is 9.84 Å². The van der Waals surface area contributed by atoms with Crippen LogP contribution >= 0.6 is 0 Å². The fourth-order valence-corrected chi connectivity index (χ4v) is 2.06.